The van der Waals surface area contributed by atoms with Crippen LogP contribution in [0.4, 0.5) is 0 Å². The molecule has 0 saturated heterocycles. The Morgan fingerprint density at radius 2 is 1.86 bits per heavy atom. The van der Waals surface area contributed by atoms with E-state index in [0.29, 0.717) is 45.4 Å². The lowest BCUT2D eigenvalue weighted by Gasteiger charge is -2.21. The molecule has 2 amide bonds. The normalized spacial score (nSPS) is 11.5. The van der Waals surface area contributed by atoms with Gasteiger partial charge in [0.2, 0.25) is 11.8 Å². The molecule has 0 fully saturated rings. The van der Waals surface area contributed by atoms with Crippen LogP contribution in [-0.2, 0) is 9.59 Å². The van der Waals surface area contributed by atoms with Crippen molar-refractivity contribution in [3.63, 3.8) is 0 Å². The van der Waals surface area contributed by atoms with Crippen LogP contribution in [-0.4, -0.2) is 54.2 Å². The van der Waals surface area contributed by atoms with E-state index in [2.05, 4.69) is 23.8 Å². The van der Waals surface area contributed by atoms with Gasteiger partial charge in [-0.3, -0.25) is 14.9 Å². The van der Waals surface area contributed by atoms with Gasteiger partial charge < -0.3 is 15.3 Å². The van der Waals surface area contributed by atoms with Crippen molar-refractivity contribution in [3.8, 4) is 0 Å². The summed E-state index contributed by atoms with van der Waals surface area (Å²) < 4.78 is 0. The molecule has 6 nitrogen and oxygen atoms in total. The third-order valence-corrected chi connectivity index (χ3v) is 2.92. The zero-order chi connectivity index (χ0) is 16.1. The molecule has 1 atom stereocenters. The van der Waals surface area contributed by atoms with Gasteiger partial charge in [0.15, 0.2) is 0 Å². The molecule has 21 heavy (non-hydrogen) atoms. The molecule has 0 aliphatic carbocycles. The van der Waals surface area contributed by atoms with Gasteiger partial charge in [0, 0.05) is 26.1 Å². The maximum atomic E-state index is 11.7. The molecular formula is C15H27N3O3. The molecule has 0 aliphatic rings. The van der Waals surface area contributed by atoms with E-state index in [1.54, 1.807) is 11.8 Å². The molecule has 1 unspecified atom stereocenters. The van der Waals surface area contributed by atoms with Gasteiger partial charge in [-0.25, -0.2) is 0 Å². The van der Waals surface area contributed by atoms with Crippen LogP contribution < -0.4 is 10.6 Å². The highest BCUT2D eigenvalue weighted by Crippen LogP contribution is 1.96. The van der Waals surface area contributed by atoms with Crippen LogP contribution in [0.1, 0.15) is 26.2 Å². The molecule has 0 spiro atoms. The first kappa shape index (κ1) is 19.3. The van der Waals surface area contributed by atoms with Crippen molar-refractivity contribution in [3.05, 3.63) is 25.3 Å². The van der Waals surface area contributed by atoms with Gasteiger partial charge >= 0.3 is 0 Å². The second-order valence-corrected chi connectivity index (χ2v) is 4.57. The predicted octanol–water partition coefficient (Wildman–Crippen LogP) is 0.401. The van der Waals surface area contributed by atoms with E-state index in [9.17, 15) is 14.7 Å². The Kier molecular flexibility index (Phi) is 11.2. The second kappa shape index (κ2) is 12.1. The largest absolute Gasteiger partial charge is 0.375 e. The molecule has 3 N–H and O–H groups in total. The molecule has 0 bridgehead atoms. The number of hydrogen-bond donors (Lipinski definition) is 3. The van der Waals surface area contributed by atoms with Crippen LogP contribution >= 0.6 is 0 Å². The van der Waals surface area contributed by atoms with Gasteiger partial charge in [0.25, 0.3) is 0 Å². The van der Waals surface area contributed by atoms with Crippen LogP contribution in [0.25, 0.3) is 0 Å². The third-order valence-electron chi connectivity index (χ3n) is 2.92. The number of amides is 2. The summed E-state index contributed by atoms with van der Waals surface area (Å²) in [5.41, 5.74) is 0. The molecule has 120 valence electrons. The molecule has 0 aromatic heterocycles. The predicted molar refractivity (Wildman–Crippen MR) is 83.5 cm³/mol. The van der Waals surface area contributed by atoms with Crippen molar-refractivity contribution >= 4 is 11.8 Å². The number of hydrogen-bond acceptors (Lipinski definition) is 4. The highest BCUT2D eigenvalue weighted by Gasteiger charge is 2.09. The molecule has 0 aromatic rings. The average Bonchev–Trinajstić information content (AvgIpc) is 2.51. The number of nitrogens with one attached hydrogen (secondary N) is 2. The van der Waals surface area contributed by atoms with Gasteiger partial charge in [0.1, 0.15) is 6.23 Å². The van der Waals surface area contributed by atoms with Crippen LogP contribution in [0.15, 0.2) is 25.3 Å². The zero-order valence-electron chi connectivity index (χ0n) is 12.8. The highest BCUT2D eigenvalue weighted by atomic mass is 16.3. The Morgan fingerprint density at radius 3 is 2.38 bits per heavy atom. The lowest BCUT2D eigenvalue weighted by molar-refractivity contribution is -0.126. The fourth-order valence-electron chi connectivity index (χ4n) is 1.69. The van der Waals surface area contributed by atoms with E-state index in [4.69, 9.17) is 0 Å². The van der Waals surface area contributed by atoms with E-state index in [-0.39, 0.29) is 11.8 Å². The number of aliphatic hydroxyl groups excluding tert-OH is 1. The summed E-state index contributed by atoms with van der Waals surface area (Å²) in [6.07, 6.45) is 3.85. The Morgan fingerprint density at radius 1 is 1.24 bits per heavy atom. The maximum absolute atomic E-state index is 11.7. The van der Waals surface area contributed by atoms with Crippen molar-refractivity contribution in [2.45, 2.75) is 32.4 Å². The summed E-state index contributed by atoms with van der Waals surface area (Å²) in [5.74, 6) is -0.111. The molecule has 0 heterocycles. The first-order valence-corrected chi connectivity index (χ1v) is 7.27. The molecule has 0 aromatic carbocycles. The molecule has 0 saturated carbocycles. The summed E-state index contributed by atoms with van der Waals surface area (Å²) in [4.78, 5) is 24.5. The fourth-order valence-corrected chi connectivity index (χ4v) is 1.69. The lowest BCUT2D eigenvalue weighted by Crippen LogP contribution is -2.36. The number of carbonyl (C=O) groups is 2. The third kappa shape index (κ3) is 9.81. The summed E-state index contributed by atoms with van der Waals surface area (Å²) in [6, 6.07) is 0. The Hall–Kier alpha value is -1.66. The van der Waals surface area contributed by atoms with Crippen molar-refractivity contribution in [2.24, 2.45) is 0 Å². The smallest absolute Gasteiger partial charge is 0.245 e. The van der Waals surface area contributed by atoms with Crippen molar-refractivity contribution in [1.29, 1.82) is 0 Å². The first-order chi connectivity index (χ1) is 10.0. The monoisotopic (exact) mass is 297 g/mol. The molecule has 0 rings (SSSR count). The molecular weight excluding hydrogens is 270 g/mol. The quantitative estimate of drug-likeness (QED) is 0.211. The van der Waals surface area contributed by atoms with Crippen LogP contribution in [0.2, 0.25) is 0 Å². The molecule has 6 heteroatoms. The number of nitrogens with zero attached hydrogens (tertiary/aromatic N) is 1. The summed E-state index contributed by atoms with van der Waals surface area (Å²) >= 11 is 0. The summed E-state index contributed by atoms with van der Waals surface area (Å²) in [7, 11) is 0. The standard InChI is InChI=1S/C15H27N3O3/c1-4-13(19)16-9-7-11-18(15(21)6-3)12-8-10-17-14(20)5-2/h4,6,13,16,19H,1,3,5,7-12H2,2H3,(H,17,20). The molecule has 0 aliphatic heterocycles. The zero-order valence-corrected chi connectivity index (χ0v) is 12.8. The minimum Gasteiger partial charge on any atom is -0.375 e. The van der Waals surface area contributed by atoms with Crippen molar-refractivity contribution in [2.75, 3.05) is 26.2 Å². The van der Waals surface area contributed by atoms with Gasteiger partial charge in [-0.2, -0.15) is 0 Å². The van der Waals surface area contributed by atoms with Crippen molar-refractivity contribution in [1.82, 2.24) is 15.5 Å². The van der Waals surface area contributed by atoms with E-state index in [1.807, 2.05) is 0 Å². The topological polar surface area (TPSA) is 81.7 Å². The Bertz CT molecular complexity index is 345. The second-order valence-electron chi connectivity index (χ2n) is 4.57. The van der Waals surface area contributed by atoms with Gasteiger partial charge in [-0.15, -0.1) is 0 Å². The SMILES string of the molecule is C=CC(=O)N(CCCNC(=O)CC)CCCNC(O)C=C. The van der Waals surface area contributed by atoms with Crippen LogP contribution in [0.5, 0.6) is 0 Å². The summed E-state index contributed by atoms with van der Waals surface area (Å²) in [5, 5.41) is 14.9. The lowest BCUT2D eigenvalue weighted by atomic mass is 10.3. The summed E-state index contributed by atoms with van der Waals surface area (Å²) in [6.45, 7) is 11.0. The van der Waals surface area contributed by atoms with Gasteiger partial charge in [-0.05, 0) is 31.5 Å². The van der Waals surface area contributed by atoms with Crippen molar-refractivity contribution < 1.29 is 14.7 Å². The van der Waals surface area contributed by atoms with E-state index >= 15 is 0 Å². The Labute approximate surface area is 126 Å². The van der Waals surface area contributed by atoms with Crippen LogP contribution in [0, 0.1) is 0 Å². The van der Waals surface area contributed by atoms with E-state index in [0.717, 1.165) is 0 Å². The van der Waals surface area contributed by atoms with Crippen LogP contribution in [0.3, 0.4) is 0 Å². The first-order valence-electron chi connectivity index (χ1n) is 7.27. The minimum atomic E-state index is -0.724. The number of aliphatic hydroxyl groups is 1. The van der Waals surface area contributed by atoms with Gasteiger partial charge in [-0.1, -0.05) is 20.1 Å². The average molecular weight is 297 g/mol. The van der Waals surface area contributed by atoms with Gasteiger partial charge in [0.05, 0.1) is 0 Å². The fraction of sp³-hybridized carbons (Fsp3) is 0.600. The highest BCUT2D eigenvalue weighted by molar-refractivity contribution is 5.86. The maximum Gasteiger partial charge on any atom is 0.245 e. The molecule has 0 radical (unpaired) electrons. The Balaban J connectivity index is 3.98. The van der Waals surface area contributed by atoms with E-state index < -0.39 is 6.23 Å². The number of rotatable bonds is 12. The minimum absolute atomic E-state index is 0.0132. The van der Waals surface area contributed by atoms with E-state index in [1.165, 1.54) is 12.2 Å². The number of carbonyl (C=O) groups excluding carboxylic acids is 2.